The lowest BCUT2D eigenvalue weighted by Crippen LogP contribution is -2.44. The van der Waals surface area contributed by atoms with Crippen LogP contribution in [0, 0.1) is 11.6 Å². The van der Waals surface area contributed by atoms with Crippen LogP contribution >= 0.6 is 0 Å². The summed E-state index contributed by atoms with van der Waals surface area (Å²) in [5.41, 5.74) is -0.523. The Labute approximate surface area is 144 Å². The van der Waals surface area contributed by atoms with Gasteiger partial charge in [-0.15, -0.1) is 0 Å². The van der Waals surface area contributed by atoms with Gasteiger partial charge in [-0.3, -0.25) is 9.59 Å². The van der Waals surface area contributed by atoms with Crippen LogP contribution in [0.2, 0.25) is 0 Å². The lowest BCUT2D eigenvalue weighted by molar-refractivity contribution is -0.159. The minimum absolute atomic E-state index is 0.220. The SMILES string of the molecule is COC(=O)[C@@H](CC(=O)OC(C)(C)C)NC(=O)Cc1ccc(F)c(F)c1. The molecule has 138 valence electrons. The van der Waals surface area contributed by atoms with Gasteiger partial charge in [0, 0.05) is 0 Å². The molecule has 6 nitrogen and oxygen atoms in total. The second-order valence-electron chi connectivity index (χ2n) is 6.36. The standard InChI is InChI=1S/C17H21F2NO5/c1-17(2,3)25-15(22)9-13(16(23)24-4)20-14(21)8-10-5-6-11(18)12(19)7-10/h5-7,13H,8-9H2,1-4H3,(H,20,21)/t13-/m1/s1. The zero-order valence-corrected chi connectivity index (χ0v) is 14.5. The van der Waals surface area contributed by atoms with E-state index in [1.807, 2.05) is 0 Å². The molecule has 1 aromatic carbocycles. The Bertz CT molecular complexity index is 655. The molecule has 0 spiro atoms. The van der Waals surface area contributed by atoms with Gasteiger partial charge in [-0.25, -0.2) is 13.6 Å². The molecule has 0 aliphatic heterocycles. The summed E-state index contributed by atoms with van der Waals surface area (Å²) in [5.74, 6) is -4.25. The fourth-order valence-corrected chi connectivity index (χ4v) is 1.97. The smallest absolute Gasteiger partial charge is 0.328 e. The Morgan fingerprint density at radius 3 is 2.32 bits per heavy atom. The number of rotatable bonds is 6. The number of amides is 1. The fourth-order valence-electron chi connectivity index (χ4n) is 1.97. The molecule has 1 rings (SSSR count). The van der Waals surface area contributed by atoms with Crippen molar-refractivity contribution in [3.63, 3.8) is 0 Å². The fraction of sp³-hybridized carbons (Fsp3) is 0.471. The highest BCUT2D eigenvalue weighted by molar-refractivity contribution is 5.88. The van der Waals surface area contributed by atoms with E-state index in [-0.39, 0.29) is 12.0 Å². The molecule has 0 aliphatic rings. The van der Waals surface area contributed by atoms with Gasteiger partial charge in [-0.05, 0) is 38.5 Å². The number of carbonyl (C=O) groups is 3. The van der Waals surface area contributed by atoms with E-state index >= 15 is 0 Å². The number of halogens is 2. The van der Waals surface area contributed by atoms with Gasteiger partial charge in [0.15, 0.2) is 11.6 Å². The molecule has 0 fully saturated rings. The van der Waals surface area contributed by atoms with Crippen LogP contribution in [-0.4, -0.2) is 36.6 Å². The monoisotopic (exact) mass is 357 g/mol. The molecule has 0 aromatic heterocycles. The summed E-state index contributed by atoms with van der Waals surface area (Å²) in [5, 5.41) is 2.34. The number of carbonyl (C=O) groups excluding carboxylic acids is 3. The van der Waals surface area contributed by atoms with Crippen molar-refractivity contribution in [3.8, 4) is 0 Å². The summed E-state index contributed by atoms with van der Waals surface area (Å²) in [4.78, 5) is 35.6. The molecule has 0 saturated carbocycles. The Balaban J connectivity index is 2.73. The van der Waals surface area contributed by atoms with Crippen LogP contribution in [0.25, 0.3) is 0 Å². The molecule has 0 heterocycles. The first kappa shape index (κ1) is 20.5. The first-order valence-electron chi connectivity index (χ1n) is 7.55. The van der Waals surface area contributed by atoms with E-state index in [1.165, 1.54) is 6.07 Å². The molecular weight excluding hydrogens is 336 g/mol. The number of hydrogen-bond donors (Lipinski definition) is 1. The number of ether oxygens (including phenoxy) is 2. The first-order chi connectivity index (χ1) is 11.5. The Kier molecular flexibility index (Phi) is 7.02. The maximum Gasteiger partial charge on any atom is 0.328 e. The molecule has 1 aromatic rings. The van der Waals surface area contributed by atoms with Crippen LogP contribution in [-0.2, 0) is 30.3 Å². The Morgan fingerprint density at radius 2 is 1.80 bits per heavy atom. The van der Waals surface area contributed by atoms with Crippen LogP contribution in [0.5, 0.6) is 0 Å². The molecule has 0 bridgehead atoms. The molecule has 1 amide bonds. The highest BCUT2D eigenvalue weighted by atomic mass is 19.2. The van der Waals surface area contributed by atoms with E-state index in [2.05, 4.69) is 10.1 Å². The third kappa shape index (κ3) is 7.28. The molecular formula is C17H21F2NO5. The number of nitrogens with one attached hydrogen (secondary N) is 1. The summed E-state index contributed by atoms with van der Waals surface area (Å²) in [6, 6.07) is 1.79. The van der Waals surface area contributed by atoms with Gasteiger partial charge in [-0.1, -0.05) is 6.07 Å². The number of methoxy groups -OCH3 is 1. The largest absolute Gasteiger partial charge is 0.467 e. The normalized spacial score (nSPS) is 12.2. The van der Waals surface area contributed by atoms with Crippen molar-refractivity contribution in [3.05, 3.63) is 35.4 Å². The van der Waals surface area contributed by atoms with Gasteiger partial charge in [-0.2, -0.15) is 0 Å². The molecule has 0 aliphatic carbocycles. The van der Waals surface area contributed by atoms with Crippen LogP contribution in [0.4, 0.5) is 8.78 Å². The van der Waals surface area contributed by atoms with Gasteiger partial charge < -0.3 is 14.8 Å². The average molecular weight is 357 g/mol. The lowest BCUT2D eigenvalue weighted by atomic mass is 10.1. The highest BCUT2D eigenvalue weighted by Gasteiger charge is 2.27. The Hall–Kier alpha value is -2.51. The van der Waals surface area contributed by atoms with E-state index in [4.69, 9.17) is 4.74 Å². The maximum atomic E-state index is 13.2. The number of esters is 2. The molecule has 25 heavy (non-hydrogen) atoms. The average Bonchev–Trinajstić information content (AvgIpc) is 2.47. The van der Waals surface area contributed by atoms with E-state index in [9.17, 15) is 23.2 Å². The van der Waals surface area contributed by atoms with Crippen molar-refractivity contribution in [2.24, 2.45) is 0 Å². The maximum absolute atomic E-state index is 13.2. The van der Waals surface area contributed by atoms with Gasteiger partial charge in [0.05, 0.1) is 20.0 Å². The molecule has 0 saturated heterocycles. The third-order valence-corrected chi connectivity index (χ3v) is 2.96. The lowest BCUT2D eigenvalue weighted by Gasteiger charge is -2.22. The van der Waals surface area contributed by atoms with E-state index in [0.717, 1.165) is 19.2 Å². The van der Waals surface area contributed by atoms with Crippen LogP contribution < -0.4 is 5.32 Å². The Morgan fingerprint density at radius 1 is 1.16 bits per heavy atom. The number of hydrogen-bond acceptors (Lipinski definition) is 5. The second-order valence-corrected chi connectivity index (χ2v) is 6.36. The van der Waals surface area contributed by atoms with Crippen molar-refractivity contribution >= 4 is 17.8 Å². The van der Waals surface area contributed by atoms with Gasteiger partial charge in [0.2, 0.25) is 5.91 Å². The van der Waals surface area contributed by atoms with Crippen molar-refractivity contribution in [2.45, 2.75) is 45.3 Å². The third-order valence-electron chi connectivity index (χ3n) is 2.96. The molecule has 1 N–H and O–H groups in total. The summed E-state index contributed by atoms with van der Waals surface area (Å²) in [6.07, 6.45) is -0.702. The molecule has 1 atom stereocenters. The quantitative estimate of drug-likeness (QED) is 0.787. The first-order valence-corrected chi connectivity index (χ1v) is 7.55. The molecule has 8 heteroatoms. The van der Waals surface area contributed by atoms with E-state index < -0.39 is 47.5 Å². The second kappa shape index (κ2) is 8.55. The zero-order chi connectivity index (χ0) is 19.2. The van der Waals surface area contributed by atoms with E-state index in [0.29, 0.717) is 0 Å². The van der Waals surface area contributed by atoms with Crippen LogP contribution in [0.3, 0.4) is 0 Å². The van der Waals surface area contributed by atoms with Gasteiger partial charge in [0.1, 0.15) is 11.6 Å². The van der Waals surface area contributed by atoms with Crippen LogP contribution in [0.1, 0.15) is 32.8 Å². The minimum Gasteiger partial charge on any atom is -0.467 e. The molecule has 0 unspecified atom stereocenters. The van der Waals surface area contributed by atoms with Crippen LogP contribution in [0.15, 0.2) is 18.2 Å². The van der Waals surface area contributed by atoms with Crippen molar-refractivity contribution in [1.82, 2.24) is 5.32 Å². The number of benzene rings is 1. The predicted molar refractivity (Wildman–Crippen MR) is 84.5 cm³/mol. The van der Waals surface area contributed by atoms with E-state index in [1.54, 1.807) is 20.8 Å². The summed E-state index contributed by atoms with van der Waals surface area (Å²) >= 11 is 0. The van der Waals surface area contributed by atoms with Gasteiger partial charge >= 0.3 is 11.9 Å². The summed E-state index contributed by atoms with van der Waals surface area (Å²) in [6.45, 7) is 5.00. The molecule has 0 radical (unpaired) electrons. The van der Waals surface area contributed by atoms with Crippen molar-refractivity contribution in [2.75, 3.05) is 7.11 Å². The predicted octanol–water partition coefficient (Wildman–Crippen LogP) is 1.90. The highest BCUT2D eigenvalue weighted by Crippen LogP contribution is 2.11. The van der Waals surface area contributed by atoms with Crippen molar-refractivity contribution < 1.29 is 32.6 Å². The minimum atomic E-state index is -1.24. The summed E-state index contributed by atoms with van der Waals surface area (Å²) in [7, 11) is 1.12. The topological polar surface area (TPSA) is 81.7 Å². The summed E-state index contributed by atoms with van der Waals surface area (Å²) < 4.78 is 35.7. The van der Waals surface area contributed by atoms with Gasteiger partial charge in [0.25, 0.3) is 0 Å². The van der Waals surface area contributed by atoms with Crippen molar-refractivity contribution in [1.29, 1.82) is 0 Å². The zero-order valence-electron chi connectivity index (χ0n) is 14.5.